The molecule has 0 atom stereocenters. The summed E-state index contributed by atoms with van der Waals surface area (Å²) in [7, 11) is 1.50. The van der Waals surface area contributed by atoms with Crippen LogP contribution in [-0.2, 0) is 6.42 Å². The van der Waals surface area contributed by atoms with Gasteiger partial charge in [0.2, 0.25) is 0 Å². The predicted molar refractivity (Wildman–Crippen MR) is 53.5 cm³/mol. The lowest BCUT2D eigenvalue weighted by Gasteiger charge is -2.12. The zero-order chi connectivity index (χ0) is 10.7. The van der Waals surface area contributed by atoms with Gasteiger partial charge in [-0.15, -0.1) is 0 Å². The predicted octanol–water partition coefficient (Wildman–Crippen LogP) is 2.33. The number of hydrogen-bond donors (Lipinski definition) is 1. The Kier molecular flexibility index (Phi) is 3.72. The van der Waals surface area contributed by atoms with Gasteiger partial charge in [0.15, 0.2) is 0 Å². The number of benzene rings is 1. The fraction of sp³-hybridized carbons (Fsp3) is 0.400. The van der Waals surface area contributed by atoms with Crippen molar-refractivity contribution in [2.45, 2.75) is 13.3 Å². The van der Waals surface area contributed by atoms with Crippen molar-refractivity contribution in [3.8, 4) is 5.75 Å². The number of aliphatic hydroxyl groups excluding tert-OH is 1. The summed E-state index contributed by atoms with van der Waals surface area (Å²) in [6.45, 7) is 1.65. The van der Waals surface area contributed by atoms with Crippen LogP contribution in [0.4, 0.5) is 4.39 Å². The Morgan fingerprint density at radius 2 is 2.21 bits per heavy atom. The van der Waals surface area contributed by atoms with Crippen LogP contribution in [0.3, 0.4) is 0 Å². The molecule has 0 saturated heterocycles. The second-order valence-corrected chi connectivity index (χ2v) is 3.35. The fourth-order valence-electron chi connectivity index (χ4n) is 1.42. The monoisotopic (exact) mass is 218 g/mol. The lowest BCUT2D eigenvalue weighted by Crippen LogP contribution is -2.00. The van der Waals surface area contributed by atoms with E-state index in [-0.39, 0.29) is 11.6 Å². The molecular formula is C10H12ClFO2. The van der Waals surface area contributed by atoms with Crippen molar-refractivity contribution >= 4 is 11.6 Å². The minimum atomic E-state index is -0.478. The second kappa shape index (κ2) is 4.62. The first kappa shape index (κ1) is 11.3. The summed E-state index contributed by atoms with van der Waals surface area (Å²) in [5, 5.41) is 8.84. The van der Waals surface area contributed by atoms with E-state index in [2.05, 4.69) is 0 Å². The summed E-state index contributed by atoms with van der Waals surface area (Å²) in [6, 6.07) is 1.32. The lowest BCUT2D eigenvalue weighted by molar-refractivity contribution is 0.296. The molecule has 0 spiro atoms. The number of rotatable bonds is 3. The second-order valence-electron chi connectivity index (χ2n) is 2.97. The molecule has 4 heteroatoms. The summed E-state index contributed by atoms with van der Waals surface area (Å²) in [5.41, 5.74) is 1.20. The molecule has 0 aliphatic carbocycles. The van der Waals surface area contributed by atoms with E-state index in [0.717, 1.165) is 0 Å². The Labute approximate surface area is 87.3 Å². The zero-order valence-corrected chi connectivity index (χ0v) is 8.86. The molecule has 1 aromatic rings. The number of aliphatic hydroxyl groups is 1. The summed E-state index contributed by atoms with van der Waals surface area (Å²) in [6.07, 6.45) is 0.292. The van der Waals surface area contributed by atoms with Crippen LogP contribution in [-0.4, -0.2) is 18.8 Å². The number of aryl methyl sites for hydroxylation is 1. The molecule has 1 aromatic carbocycles. The highest BCUT2D eigenvalue weighted by atomic mass is 35.5. The molecule has 0 heterocycles. The minimum Gasteiger partial charge on any atom is -0.496 e. The molecule has 78 valence electrons. The quantitative estimate of drug-likeness (QED) is 0.844. The van der Waals surface area contributed by atoms with Crippen LogP contribution in [0.25, 0.3) is 0 Å². The highest BCUT2D eigenvalue weighted by Crippen LogP contribution is 2.32. The average Bonchev–Trinajstić information content (AvgIpc) is 2.14. The van der Waals surface area contributed by atoms with Gasteiger partial charge >= 0.3 is 0 Å². The van der Waals surface area contributed by atoms with E-state index in [4.69, 9.17) is 21.4 Å². The molecule has 1 rings (SSSR count). The molecule has 14 heavy (non-hydrogen) atoms. The molecule has 0 fully saturated rings. The van der Waals surface area contributed by atoms with E-state index >= 15 is 0 Å². The third-order valence-corrected chi connectivity index (χ3v) is 2.42. The molecule has 0 radical (unpaired) electrons. The topological polar surface area (TPSA) is 29.5 Å². The van der Waals surface area contributed by atoms with Crippen molar-refractivity contribution in [1.29, 1.82) is 0 Å². The van der Waals surface area contributed by atoms with Gasteiger partial charge in [0.25, 0.3) is 0 Å². The van der Waals surface area contributed by atoms with E-state index in [9.17, 15) is 4.39 Å². The first-order valence-electron chi connectivity index (χ1n) is 4.24. The van der Waals surface area contributed by atoms with E-state index in [0.29, 0.717) is 23.3 Å². The standard InChI is InChI=1S/C10H12ClFO2/c1-6-5-8(12)9(11)7(3-4-13)10(6)14-2/h5,13H,3-4H2,1-2H3. The van der Waals surface area contributed by atoms with E-state index in [1.807, 2.05) is 0 Å². The first-order valence-corrected chi connectivity index (χ1v) is 4.62. The maximum atomic E-state index is 13.2. The van der Waals surface area contributed by atoms with Crippen molar-refractivity contribution in [3.63, 3.8) is 0 Å². The van der Waals surface area contributed by atoms with Gasteiger partial charge in [0.1, 0.15) is 11.6 Å². The Morgan fingerprint density at radius 3 is 2.71 bits per heavy atom. The summed E-state index contributed by atoms with van der Waals surface area (Å²) in [5.74, 6) is 0.0684. The van der Waals surface area contributed by atoms with Crippen LogP contribution in [0.5, 0.6) is 5.75 Å². The summed E-state index contributed by atoms with van der Waals surface area (Å²) in [4.78, 5) is 0. The summed E-state index contributed by atoms with van der Waals surface area (Å²) < 4.78 is 18.3. The Morgan fingerprint density at radius 1 is 1.57 bits per heavy atom. The summed E-state index contributed by atoms with van der Waals surface area (Å²) >= 11 is 5.76. The molecule has 2 nitrogen and oxygen atoms in total. The van der Waals surface area contributed by atoms with Gasteiger partial charge in [0.05, 0.1) is 12.1 Å². The van der Waals surface area contributed by atoms with Gasteiger partial charge < -0.3 is 9.84 Å². The molecule has 0 unspecified atom stereocenters. The zero-order valence-electron chi connectivity index (χ0n) is 8.10. The fourth-order valence-corrected chi connectivity index (χ4v) is 1.65. The SMILES string of the molecule is COc1c(C)cc(F)c(Cl)c1CCO. The Balaban J connectivity index is 3.32. The normalized spacial score (nSPS) is 10.4. The Bertz CT molecular complexity index is 339. The third-order valence-electron chi connectivity index (χ3n) is 2.02. The lowest BCUT2D eigenvalue weighted by atomic mass is 10.1. The van der Waals surface area contributed by atoms with Gasteiger partial charge in [-0.3, -0.25) is 0 Å². The van der Waals surface area contributed by atoms with Crippen molar-refractivity contribution in [2.24, 2.45) is 0 Å². The molecule has 0 aliphatic heterocycles. The van der Waals surface area contributed by atoms with E-state index < -0.39 is 5.82 Å². The van der Waals surface area contributed by atoms with Crippen molar-refractivity contribution in [2.75, 3.05) is 13.7 Å². The number of hydrogen-bond acceptors (Lipinski definition) is 2. The van der Waals surface area contributed by atoms with Crippen LogP contribution in [0.2, 0.25) is 5.02 Å². The number of halogens is 2. The van der Waals surface area contributed by atoms with Crippen LogP contribution < -0.4 is 4.74 Å². The maximum absolute atomic E-state index is 13.2. The molecule has 0 amide bonds. The maximum Gasteiger partial charge on any atom is 0.142 e. The molecule has 0 bridgehead atoms. The first-order chi connectivity index (χ1) is 6.61. The average molecular weight is 219 g/mol. The van der Waals surface area contributed by atoms with Crippen molar-refractivity contribution in [3.05, 3.63) is 28.0 Å². The van der Waals surface area contributed by atoms with Crippen molar-refractivity contribution < 1.29 is 14.2 Å². The van der Waals surface area contributed by atoms with Crippen LogP contribution in [0.1, 0.15) is 11.1 Å². The molecule has 1 N–H and O–H groups in total. The highest BCUT2D eigenvalue weighted by molar-refractivity contribution is 6.31. The van der Waals surface area contributed by atoms with Gasteiger partial charge in [-0.2, -0.15) is 0 Å². The van der Waals surface area contributed by atoms with Gasteiger partial charge in [0, 0.05) is 18.6 Å². The van der Waals surface area contributed by atoms with Gasteiger partial charge in [-0.05, 0) is 18.6 Å². The number of methoxy groups -OCH3 is 1. The van der Waals surface area contributed by atoms with Crippen molar-refractivity contribution in [1.82, 2.24) is 0 Å². The largest absolute Gasteiger partial charge is 0.496 e. The molecular weight excluding hydrogens is 207 g/mol. The molecule has 0 aromatic heterocycles. The van der Waals surface area contributed by atoms with Crippen LogP contribution in [0, 0.1) is 12.7 Å². The minimum absolute atomic E-state index is 0.0292. The van der Waals surface area contributed by atoms with Crippen LogP contribution >= 0.6 is 11.6 Å². The Hall–Kier alpha value is -0.800. The number of ether oxygens (including phenoxy) is 1. The van der Waals surface area contributed by atoms with Crippen LogP contribution in [0.15, 0.2) is 6.07 Å². The van der Waals surface area contributed by atoms with E-state index in [1.165, 1.54) is 13.2 Å². The molecule has 0 aliphatic rings. The highest BCUT2D eigenvalue weighted by Gasteiger charge is 2.14. The third kappa shape index (κ3) is 1.99. The van der Waals surface area contributed by atoms with Gasteiger partial charge in [-0.25, -0.2) is 4.39 Å². The smallest absolute Gasteiger partial charge is 0.142 e. The molecule has 0 saturated carbocycles. The van der Waals surface area contributed by atoms with E-state index in [1.54, 1.807) is 6.92 Å². The van der Waals surface area contributed by atoms with Gasteiger partial charge in [-0.1, -0.05) is 11.6 Å².